The van der Waals surface area contributed by atoms with Crippen LogP contribution < -0.4 is 30.9 Å². The van der Waals surface area contributed by atoms with E-state index in [-0.39, 0.29) is 67.1 Å². The number of hydrogen-bond acceptors (Lipinski definition) is 15. The average molecular weight is 1010 g/mol. The number of ether oxygens (including phenoxy) is 1. The van der Waals surface area contributed by atoms with Gasteiger partial charge in [0.2, 0.25) is 23.6 Å². The monoisotopic (exact) mass is 1010 g/mol. The standard InChI is InChI=1S/C55H69N11O6S/c1-33-49(73-32-59-33)35-11-9-34(10-12-35)27-58-53(70)46-25-41(67)31-65(46)54(71)50(55(2,3)4)60-52(69)36-13-15-37(16-14-36)63-23-21-42(22-24-63)72-48-20-19-38(28-57-48)66-39-17-18-40(66)30-64(29-39)45-26-44(61-62-51(45)56)43-7-5-6-8-47(43)68/h5-12,19-20,26,28,32,36-37,39-42,46,50,67-68H,13-18,21-25,27,29-31H2,1-4H3,(H2,56,62)(H,58,70)(H,60,69)/t36-,37-,39?,40?,41-,46+,50-/m1/s1. The van der Waals surface area contributed by atoms with Gasteiger partial charge >= 0.3 is 0 Å². The fourth-order valence-electron chi connectivity index (χ4n) is 11.9. The molecule has 18 heteroatoms. The molecule has 2 unspecified atom stereocenters. The molecule has 10 rings (SSSR count). The van der Waals surface area contributed by atoms with Crippen LogP contribution in [0.3, 0.4) is 0 Å². The number of piperidine rings is 1. The zero-order valence-corrected chi connectivity index (χ0v) is 43.1. The molecule has 2 aromatic carbocycles. The summed E-state index contributed by atoms with van der Waals surface area (Å²) in [6.07, 6.45) is 8.52. The molecule has 3 aromatic heterocycles. The van der Waals surface area contributed by atoms with Gasteiger partial charge in [-0.25, -0.2) is 9.97 Å². The number of rotatable bonds is 13. The maximum Gasteiger partial charge on any atom is 0.246 e. The van der Waals surface area contributed by atoms with Crippen LogP contribution in [0.15, 0.2) is 78.4 Å². The van der Waals surface area contributed by atoms with E-state index in [1.165, 1.54) is 4.90 Å². The van der Waals surface area contributed by atoms with E-state index >= 15 is 0 Å². The highest BCUT2D eigenvalue weighted by Crippen LogP contribution is 2.40. The maximum atomic E-state index is 14.3. The van der Waals surface area contributed by atoms with Crippen LogP contribution in [0.4, 0.5) is 17.2 Å². The van der Waals surface area contributed by atoms with E-state index in [2.05, 4.69) is 46.6 Å². The molecule has 1 saturated carbocycles. The van der Waals surface area contributed by atoms with Crippen LogP contribution in [0.5, 0.6) is 11.6 Å². The summed E-state index contributed by atoms with van der Waals surface area (Å²) in [5.41, 5.74) is 13.7. The number of β-amino-alcohol motifs (C(OH)–C–C–N with tert-alkyl or cyclic N) is 1. The van der Waals surface area contributed by atoms with E-state index < -0.39 is 23.6 Å². The molecule has 73 heavy (non-hydrogen) atoms. The fraction of sp³-hybridized carbons (Fsp3) is 0.509. The highest BCUT2D eigenvalue weighted by molar-refractivity contribution is 7.13. The number of fused-ring (bicyclic) bond motifs is 2. The third-order valence-electron chi connectivity index (χ3n) is 15.9. The normalized spacial score (nSPS) is 24.1. The second kappa shape index (κ2) is 21.2. The Morgan fingerprint density at radius 3 is 2.23 bits per heavy atom. The average Bonchev–Trinajstić information content (AvgIpc) is 4.08. The Bertz CT molecular complexity index is 2740. The highest BCUT2D eigenvalue weighted by atomic mass is 32.1. The molecule has 4 aliphatic heterocycles. The van der Waals surface area contributed by atoms with E-state index in [0.29, 0.717) is 29.0 Å². The Morgan fingerprint density at radius 1 is 0.863 bits per heavy atom. The molecule has 6 N–H and O–H groups in total. The van der Waals surface area contributed by atoms with Crippen LogP contribution in [-0.2, 0) is 20.9 Å². The second-order valence-corrected chi connectivity index (χ2v) is 22.7. The summed E-state index contributed by atoms with van der Waals surface area (Å²) in [4.78, 5) is 60.9. The first-order valence-electron chi connectivity index (χ1n) is 26.0. The van der Waals surface area contributed by atoms with Gasteiger partial charge in [0.1, 0.15) is 23.9 Å². The minimum Gasteiger partial charge on any atom is -0.507 e. The first-order valence-corrected chi connectivity index (χ1v) is 26.9. The molecule has 3 amide bonds. The number of aromatic hydroxyl groups is 1. The molecule has 7 heterocycles. The van der Waals surface area contributed by atoms with Gasteiger partial charge < -0.3 is 50.9 Å². The van der Waals surface area contributed by atoms with Crippen molar-refractivity contribution in [1.29, 1.82) is 0 Å². The zero-order chi connectivity index (χ0) is 51.0. The molecule has 5 fully saturated rings. The van der Waals surface area contributed by atoms with Gasteiger partial charge in [0, 0.05) is 81.4 Å². The van der Waals surface area contributed by atoms with E-state index in [4.69, 9.17) is 15.5 Å². The molecule has 5 atom stereocenters. The molecule has 0 spiro atoms. The zero-order valence-electron chi connectivity index (χ0n) is 42.3. The highest BCUT2D eigenvalue weighted by Gasteiger charge is 2.46. The number of aliphatic hydroxyl groups is 1. The lowest BCUT2D eigenvalue weighted by atomic mass is 9.82. The molecule has 5 aliphatic rings. The molecule has 2 bridgehead atoms. The first kappa shape index (κ1) is 50.2. The Hall–Kier alpha value is -6.37. The van der Waals surface area contributed by atoms with Crippen LogP contribution in [0.2, 0.25) is 0 Å². The summed E-state index contributed by atoms with van der Waals surface area (Å²) < 4.78 is 6.46. The van der Waals surface area contributed by atoms with Gasteiger partial charge in [0.25, 0.3) is 0 Å². The minimum atomic E-state index is -0.860. The van der Waals surface area contributed by atoms with Gasteiger partial charge in [0.15, 0.2) is 5.82 Å². The summed E-state index contributed by atoms with van der Waals surface area (Å²) in [5, 5.41) is 35.8. The predicted molar refractivity (Wildman–Crippen MR) is 282 cm³/mol. The smallest absolute Gasteiger partial charge is 0.246 e. The van der Waals surface area contributed by atoms with Crippen LogP contribution in [-0.4, -0.2) is 133 Å². The number of nitrogens with one attached hydrogen (secondary N) is 2. The molecule has 5 aromatic rings. The number of anilines is 3. The first-order chi connectivity index (χ1) is 35.2. The van der Waals surface area contributed by atoms with Crippen molar-refractivity contribution in [2.75, 3.05) is 48.3 Å². The number of thiazole rings is 1. The van der Waals surface area contributed by atoms with Gasteiger partial charge in [-0.2, -0.15) is 0 Å². The van der Waals surface area contributed by atoms with Crippen molar-refractivity contribution in [2.45, 2.75) is 134 Å². The number of para-hydroxylation sites is 1. The number of carbonyl (C=O) groups is 3. The van der Waals surface area contributed by atoms with Gasteiger partial charge in [-0.3, -0.25) is 14.4 Å². The van der Waals surface area contributed by atoms with E-state index in [9.17, 15) is 24.6 Å². The fourth-order valence-corrected chi connectivity index (χ4v) is 12.7. The molecule has 386 valence electrons. The van der Waals surface area contributed by atoms with E-state index in [0.717, 1.165) is 111 Å². The number of nitrogens with two attached hydrogens (primary N) is 1. The number of aromatic nitrogens is 4. The maximum absolute atomic E-state index is 14.3. The van der Waals surface area contributed by atoms with Gasteiger partial charge in [-0.1, -0.05) is 57.2 Å². The number of amides is 3. The van der Waals surface area contributed by atoms with Gasteiger partial charge in [0.05, 0.1) is 45.5 Å². The number of carbonyl (C=O) groups excluding carboxylic acids is 3. The van der Waals surface area contributed by atoms with Crippen molar-refractivity contribution in [2.24, 2.45) is 11.3 Å². The molecule has 1 aliphatic carbocycles. The third kappa shape index (κ3) is 11.0. The lowest BCUT2D eigenvalue weighted by molar-refractivity contribution is -0.144. The van der Waals surface area contributed by atoms with Crippen molar-refractivity contribution in [3.8, 4) is 33.3 Å². The number of nitrogens with zero attached hydrogens (tertiary/aromatic N) is 8. The Labute approximate surface area is 431 Å². The SMILES string of the molecule is Cc1ncsc1-c1ccc(CNC(=O)[C@@H]2C[C@@H](O)CN2C(=O)[C@@H](NC(=O)[C@H]2CC[C@H](N3CCC(Oc4ccc(N5C6CCC5CN(c5cc(-c7ccccc7O)nnc5N)C6)cn4)CC3)CC2)C(C)(C)C)cc1. The van der Waals surface area contributed by atoms with E-state index in [1.54, 1.807) is 23.5 Å². The lowest BCUT2D eigenvalue weighted by Gasteiger charge is -2.43. The molecular formula is C55H69N11O6S. The van der Waals surface area contributed by atoms with Crippen molar-refractivity contribution in [3.05, 3.63) is 89.7 Å². The number of aliphatic hydroxyl groups excluding tert-OH is 1. The summed E-state index contributed by atoms with van der Waals surface area (Å²) in [6, 6.07) is 20.4. The summed E-state index contributed by atoms with van der Waals surface area (Å²) >= 11 is 1.59. The topological polar surface area (TPSA) is 216 Å². The van der Waals surface area contributed by atoms with Crippen LogP contribution in [0.25, 0.3) is 21.7 Å². The number of hydrogen-bond donors (Lipinski definition) is 5. The predicted octanol–water partition coefficient (Wildman–Crippen LogP) is 6.33. The van der Waals surface area contributed by atoms with Crippen LogP contribution in [0, 0.1) is 18.3 Å². The van der Waals surface area contributed by atoms with Crippen molar-refractivity contribution in [3.63, 3.8) is 0 Å². The largest absolute Gasteiger partial charge is 0.507 e. The van der Waals surface area contributed by atoms with Crippen LogP contribution in [0.1, 0.15) is 89.8 Å². The lowest BCUT2D eigenvalue weighted by Crippen LogP contribution is -2.58. The quantitative estimate of drug-likeness (QED) is 0.0873. The Balaban J connectivity index is 0.670. The van der Waals surface area contributed by atoms with Gasteiger partial charge in [-0.15, -0.1) is 21.5 Å². The van der Waals surface area contributed by atoms with Crippen molar-refractivity contribution >= 4 is 46.3 Å². The van der Waals surface area contributed by atoms with Gasteiger partial charge in [-0.05, 0) is 99.1 Å². The number of nitrogen functional groups attached to an aromatic ring is 1. The molecule has 0 radical (unpaired) electrons. The number of aryl methyl sites for hydroxylation is 1. The molecular weight excluding hydrogens is 943 g/mol. The third-order valence-corrected chi connectivity index (χ3v) is 16.8. The second-order valence-electron chi connectivity index (χ2n) is 21.8. The van der Waals surface area contributed by atoms with Crippen LogP contribution >= 0.6 is 11.3 Å². The minimum absolute atomic E-state index is 0.0343. The van der Waals surface area contributed by atoms with E-state index in [1.807, 2.05) is 87.9 Å². The number of phenols is 1. The summed E-state index contributed by atoms with van der Waals surface area (Å²) in [7, 11) is 0. The number of phenolic OH excluding ortho intramolecular Hbond substituents is 1. The number of likely N-dealkylation sites (tertiary alicyclic amines) is 2. The number of piperazine rings is 1. The molecule has 4 saturated heterocycles. The summed E-state index contributed by atoms with van der Waals surface area (Å²) in [6.45, 7) is 11.5. The number of benzene rings is 2. The van der Waals surface area contributed by atoms with Crippen molar-refractivity contribution < 1.29 is 29.3 Å². The number of pyridine rings is 1. The summed E-state index contributed by atoms with van der Waals surface area (Å²) in [5.74, 6) is 0.169. The Morgan fingerprint density at radius 2 is 1.58 bits per heavy atom. The molecule has 17 nitrogen and oxygen atoms in total. The Kier molecular flexibility index (Phi) is 14.6. The van der Waals surface area contributed by atoms with Crippen molar-refractivity contribution in [1.82, 2.24) is 40.6 Å².